The van der Waals surface area contributed by atoms with Gasteiger partial charge >= 0.3 is 11.9 Å². The molecule has 0 saturated heterocycles. The Morgan fingerprint density at radius 2 is 1.77 bits per heavy atom. The first kappa shape index (κ1) is 28.1. The van der Waals surface area contributed by atoms with Crippen LogP contribution in [0.4, 0.5) is 5.69 Å². The zero-order chi connectivity index (χ0) is 30.2. The number of nitrogens with zero attached hydrogens (tertiary/aromatic N) is 3. The van der Waals surface area contributed by atoms with Gasteiger partial charge in [0.2, 0.25) is 5.76 Å². The molecule has 2 aliphatic rings. The molecule has 0 saturated carbocycles. The quantitative estimate of drug-likeness (QED) is 0.235. The van der Waals surface area contributed by atoms with E-state index in [1.54, 1.807) is 49.1 Å². The molecule has 0 aliphatic carbocycles. The molecule has 1 amide bonds. The standard InChI is InChI=1S/C32H27N3O7S/c1-4-16-34-22-10-7-6-9-21(22)25(28(34)36)27-29(37)35-26(24(31(39)40-5-2)18(3)33-32(35)43-27)19-12-14-20(15-13-19)42-30(38)23-11-8-17-41-23/h6-15,17,26H,4-5,16H2,1-3H3/b27-25-/t26-/m1/s1. The number of rotatable bonds is 7. The number of para-hydroxylation sites is 1. The SMILES string of the molecule is CCCN1C(=O)/C(=c2\sc3n(c2=O)[C@H](c2ccc(OC(=O)c4ccco4)cc2)C(C(=O)OCC)=C(C)N=3)c2ccccc21. The Morgan fingerprint density at radius 3 is 2.47 bits per heavy atom. The summed E-state index contributed by atoms with van der Waals surface area (Å²) in [7, 11) is 0. The van der Waals surface area contributed by atoms with Gasteiger partial charge in [0, 0.05) is 12.1 Å². The molecule has 4 heterocycles. The van der Waals surface area contributed by atoms with Crippen molar-refractivity contribution in [1.82, 2.24) is 4.57 Å². The van der Waals surface area contributed by atoms with Crippen molar-refractivity contribution in [2.45, 2.75) is 33.2 Å². The Balaban J connectivity index is 1.50. The molecule has 10 nitrogen and oxygen atoms in total. The number of hydrogen-bond acceptors (Lipinski definition) is 9. The highest BCUT2D eigenvalue weighted by atomic mass is 32.1. The highest BCUT2D eigenvalue weighted by Crippen LogP contribution is 2.36. The van der Waals surface area contributed by atoms with E-state index >= 15 is 0 Å². The topological polar surface area (TPSA) is 120 Å². The minimum atomic E-state index is -0.891. The van der Waals surface area contributed by atoms with Gasteiger partial charge in [0.15, 0.2) is 4.80 Å². The molecule has 218 valence electrons. The Hall–Kier alpha value is -5.03. The van der Waals surface area contributed by atoms with Gasteiger partial charge < -0.3 is 18.8 Å². The smallest absolute Gasteiger partial charge is 0.379 e. The summed E-state index contributed by atoms with van der Waals surface area (Å²) in [6.45, 7) is 6.04. The lowest BCUT2D eigenvalue weighted by molar-refractivity contribution is -0.139. The van der Waals surface area contributed by atoms with Crippen molar-refractivity contribution in [3.8, 4) is 5.75 Å². The van der Waals surface area contributed by atoms with Crippen LogP contribution in [-0.4, -0.2) is 35.6 Å². The number of benzene rings is 2. The van der Waals surface area contributed by atoms with Crippen molar-refractivity contribution in [3.63, 3.8) is 0 Å². The second-order valence-electron chi connectivity index (χ2n) is 9.91. The fourth-order valence-electron chi connectivity index (χ4n) is 5.37. The molecule has 0 bridgehead atoms. The van der Waals surface area contributed by atoms with Crippen molar-refractivity contribution >= 4 is 40.4 Å². The molecule has 0 unspecified atom stereocenters. The first-order valence-electron chi connectivity index (χ1n) is 13.8. The van der Waals surface area contributed by atoms with Crippen LogP contribution in [0.15, 0.2) is 92.4 Å². The summed E-state index contributed by atoms with van der Waals surface area (Å²) in [4.78, 5) is 60.2. The Morgan fingerprint density at radius 1 is 1.00 bits per heavy atom. The average Bonchev–Trinajstić information content (AvgIpc) is 3.71. The van der Waals surface area contributed by atoms with Crippen LogP contribution >= 0.6 is 11.3 Å². The zero-order valence-electron chi connectivity index (χ0n) is 23.7. The monoisotopic (exact) mass is 597 g/mol. The predicted octanol–water partition coefficient (Wildman–Crippen LogP) is 3.74. The number of hydrogen-bond donors (Lipinski definition) is 0. The number of thiazole rings is 1. The van der Waals surface area contributed by atoms with Crippen LogP contribution in [0.25, 0.3) is 5.57 Å². The van der Waals surface area contributed by atoms with E-state index in [1.165, 1.54) is 16.9 Å². The molecular weight excluding hydrogens is 570 g/mol. The van der Waals surface area contributed by atoms with Gasteiger partial charge in [0.05, 0.1) is 41.4 Å². The summed E-state index contributed by atoms with van der Waals surface area (Å²) in [6, 6.07) is 16.1. The summed E-state index contributed by atoms with van der Waals surface area (Å²) in [5, 5.41) is 0. The van der Waals surface area contributed by atoms with Crippen molar-refractivity contribution in [2.24, 2.45) is 4.99 Å². The van der Waals surface area contributed by atoms with Crippen molar-refractivity contribution in [1.29, 1.82) is 0 Å². The second-order valence-corrected chi connectivity index (χ2v) is 10.9. The number of ether oxygens (including phenoxy) is 2. The Bertz CT molecular complexity index is 1970. The maximum Gasteiger partial charge on any atom is 0.379 e. The number of allylic oxidation sites excluding steroid dienone is 1. The van der Waals surface area contributed by atoms with Crippen LogP contribution in [0, 0.1) is 0 Å². The summed E-state index contributed by atoms with van der Waals surface area (Å²) < 4.78 is 17.6. The van der Waals surface area contributed by atoms with Crippen LogP contribution in [0.2, 0.25) is 0 Å². The number of fused-ring (bicyclic) bond motifs is 2. The molecule has 0 N–H and O–H groups in total. The minimum absolute atomic E-state index is 0.0566. The molecule has 0 fully saturated rings. The van der Waals surface area contributed by atoms with E-state index in [0.29, 0.717) is 33.7 Å². The third-order valence-electron chi connectivity index (χ3n) is 7.22. The van der Waals surface area contributed by atoms with Crippen molar-refractivity contribution < 1.29 is 28.3 Å². The van der Waals surface area contributed by atoms with Gasteiger partial charge in [-0.05, 0) is 56.2 Å². The lowest BCUT2D eigenvalue weighted by Gasteiger charge is -2.24. The summed E-state index contributed by atoms with van der Waals surface area (Å²) in [6.07, 6.45) is 2.13. The van der Waals surface area contributed by atoms with Gasteiger partial charge in [-0.2, -0.15) is 0 Å². The third-order valence-corrected chi connectivity index (χ3v) is 8.27. The normalized spacial score (nSPS) is 17.0. The fraction of sp³-hybridized carbons (Fsp3) is 0.219. The molecule has 2 aliphatic heterocycles. The van der Waals surface area contributed by atoms with Gasteiger partial charge in [-0.15, -0.1) is 0 Å². The Kier molecular flexibility index (Phi) is 7.41. The average molecular weight is 598 g/mol. The molecule has 0 radical (unpaired) electrons. The highest BCUT2D eigenvalue weighted by molar-refractivity contribution is 7.07. The molecule has 0 spiro atoms. The molecule has 6 rings (SSSR count). The third kappa shape index (κ3) is 4.81. The van der Waals surface area contributed by atoms with E-state index in [1.807, 2.05) is 31.2 Å². The van der Waals surface area contributed by atoms with Crippen molar-refractivity contribution in [2.75, 3.05) is 18.1 Å². The summed E-state index contributed by atoms with van der Waals surface area (Å²) >= 11 is 1.12. The number of aromatic nitrogens is 1. The van der Waals surface area contributed by atoms with Crippen molar-refractivity contribution in [3.05, 3.63) is 115 Å². The lowest BCUT2D eigenvalue weighted by atomic mass is 9.96. The number of esters is 2. The van der Waals surface area contributed by atoms with E-state index in [2.05, 4.69) is 4.99 Å². The summed E-state index contributed by atoms with van der Waals surface area (Å²) in [5.41, 5.74) is 2.51. The second kappa shape index (κ2) is 11.3. The fourth-order valence-corrected chi connectivity index (χ4v) is 6.51. The van der Waals surface area contributed by atoms with Gasteiger partial charge in [-0.1, -0.05) is 48.6 Å². The first-order chi connectivity index (χ1) is 20.8. The number of anilines is 1. The Labute approximate surface area is 249 Å². The van der Waals surface area contributed by atoms with E-state index in [9.17, 15) is 19.2 Å². The van der Waals surface area contributed by atoms with E-state index in [-0.39, 0.29) is 34.1 Å². The van der Waals surface area contributed by atoms with Gasteiger partial charge in [-0.25, -0.2) is 14.6 Å². The van der Waals surface area contributed by atoms with Crippen LogP contribution in [-0.2, 0) is 14.3 Å². The molecule has 2 aromatic heterocycles. The first-order valence-corrected chi connectivity index (χ1v) is 14.6. The zero-order valence-corrected chi connectivity index (χ0v) is 24.5. The minimum Gasteiger partial charge on any atom is -0.463 e. The van der Waals surface area contributed by atoms with Crippen LogP contribution in [0.5, 0.6) is 5.75 Å². The van der Waals surface area contributed by atoms with Crippen LogP contribution in [0.1, 0.15) is 54.9 Å². The molecular formula is C32H27N3O7S. The number of carbonyl (C=O) groups is 3. The maximum atomic E-state index is 14.2. The van der Waals surface area contributed by atoms with Crippen LogP contribution < -0.4 is 24.5 Å². The largest absolute Gasteiger partial charge is 0.463 e. The lowest BCUT2D eigenvalue weighted by Crippen LogP contribution is -2.41. The molecule has 4 aromatic rings. The predicted molar refractivity (Wildman–Crippen MR) is 159 cm³/mol. The maximum absolute atomic E-state index is 14.2. The number of furan rings is 1. The number of carbonyl (C=O) groups excluding carboxylic acids is 3. The number of amides is 1. The van der Waals surface area contributed by atoms with Gasteiger partial charge in [0.1, 0.15) is 10.3 Å². The van der Waals surface area contributed by atoms with E-state index in [4.69, 9.17) is 13.9 Å². The summed E-state index contributed by atoms with van der Waals surface area (Å²) in [5.74, 6) is -1.19. The van der Waals surface area contributed by atoms with Crippen LogP contribution in [0.3, 0.4) is 0 Å². The van der Waals surface area contributed by atoms with Gasteiger partial charge in [0.25, 0.3) is 11.5 Å². The molecule has 43 heavy (non-hydrogen) atoms. The van der Waals surface area contributed by atoms with E-state index in [0.717, 1.165) is 23.4 Å². The molecule has 11 heteroatoms. The molecule has 2 aromatic carbocycles. The molecule has 1 atom stereocenters. The van der Waals surface area contributed by atoms with E-state index < -0.39 is 23.5 Å². The highest BCUT2D eigenvalue weighted by Gasteiger charge is 2.37. The van der Waals surface area contributed by atoms with Gasteiger partial charge in [-0.3, -0.25) is 14.2 Å².